The molecule has 1 rings (SSSR count). The third kappa shape index (κ3) is 5.79. The molecule has 0 radical (unpaired) electrons. The number of hydrogen-bond acceptors (Lipinski definition) is 3. The van der Waals surface area contributed by atoms with Crippen molar-refractivity contribution in [1.29, 1.82) is 0 Å². The van der Waals surface area contributed by atoms with Gasteiger partial charge < -0.3 is 5.32 Å². The van der Waals surface area contributed by atoms with E-state index in [2.05, 4.69) is 5.32 Å². The Hall–Kier alpha value is -0.940. The standard InChI is InChI=1S/C12H18FNO2S/c1-3-14-12(9-17(2,15)16)8-10-5-4-6-11(13)7-10/h4-7,12,14H,3,8-9H2,1-2H3. The van der Waals surface area contributed by atoms with Crippen LogP contribution in [0.5, 0.6) is 0 Å². The maximum Gasteiger partial charge on any atom is 0.148 e. The van der Waals surface area contributed by atoms with E-state index in [0.717, 1.165) is 5.56 Å². The molecule has 17 heavy (non-hydrogen) atoms. The first kappa shape index (κ1) is 14.1. The summed E-state index contributed by atoms with van der Waals surface area (Å²) < 4.78 is 35.5. The van der Waals surface area contributed by atoms with E-state index in [9.17, 15) is 12.8 Å². The molecule has 0 saturated heterocycles. The molecule has 0 amide bonds. The van der Waals surface area contributed by atoms with Gasteiger partial charge in [-0.05, 0) is 30.7 Å². The van der Waals surface area contributed by atoms with Gasteiger partial charge in [-0.1, -0.05) is 19.1 Å². The third-order valence-corrected chi connectivity index (χ3v) is 3.38. The van der Waals surface area contributed by atoms with Gasteiger partial charge in [0.05, 0.1) is 5.75 Å². The van der Waals surface area contributed by atoms with Crippen molar-refractivity contribution in [3.8, 4) is 0 Å². The van der Waals surface area contributed by atoms with Gasteiger partial charge in [-0.25, -0.2) is 12.8 Å². The molecule has 5 heteroatoms. The summed E-state index contributed by atoms with van der Waals surface area (Å²) in [5.41, 5.74) is 0.805. The predicted molar refractivity (Wildman–Crippen MR) is 67.3 cm³/mol. The molecule has 1 unspecified atom stereocenters. The lowest BCUT2D eigenvalue weighted by Crippen LogP contribution is -2.37. The first-order chi connectivity index (χ1) is 7.90. The van der Waals surface area contributed by atoms with Gasteiger partial charge in [-0.2, -0.15) is 0 Å². The number of benzene rings is 1. The van der Waals surface area contributed by atoms with Crippen molar-refractivity contribution < 1.29 is 12.8 Å². The predicted octanol–water partition coefficient (Wildman–Crippen LogP) is 1.39. The Morgan fingerprint density at radius 1 is 1.41 bits per heavy atom. The van der Waals surface area contributed by atoms with Crippen LogP contribution in [0.25, 0.3) is 0 Å². The summed E-state index contributed by atoms with van der Waals surface area (Å²) in [5.74, 6) is -0.228. The number of rotatable bonds is 6. The topological polar surface area (TPSA) is 46.2 Å². The lowest BCUT2D eigenvalue weighted by Gasteiger charge is -2.16. The average Bonchev–Trinajstić information content (AvgIpc) is 2.15. The smallest absolute Gasteiger partial charge is 0.148 e. The van der Waals surface area contributed by atoms with Crippen molar-refractivity contribution in [2.45, 2.75) is 19.4 Å². The Bertz CT molecular complexity index is 459. The molecule has 1 atom stereocenters. The van der Waals surface area contributed by atoms with Crippen molar-refractivity contribution in [1.82, 2.24) is 5.32 Å². The lowest BCUT2D eigenvalue weighted by atomic mass is 10.1. The fourth-order valence-corrected chi connectivity index (χ4v) is 2.76. The Morgan fingerprint density at radius 2 is 2.12 bits per heavy atom. The summed E-state index contributed by atoms with van der Waals surface area (Å²) in [6, 6.07) is 6.08. The first-order valence-corrected chi connectivity index (χ1v) is 7.62. The summed E-state index contributed by atoms with van der Waals surface area (Å²) >= 11 is 0. The molecule has 1 N–H and O–H groups in total. The van der Waals surface area contributed by atoms with E-state index in [-0.39, 0.29) is 17.6 Å². The molecule has 0 saturated carbocycles. The molecule has 0 fully saturated rings. The number of likely N-dealkylation sites (N-methyl/N-ethyl adjacent to an activating group) is 1. The van der Waals surface area contributed by atoms with Crippen molar-refractivity contribution in [2.24, 2.45) is 0 Å². The van der Waals surface area contributed by atoms with Crippen LogP contribution in [0.4, 0.5) is 4.39 Å². The van der Waals surface area contributed by atoms with Gasteiger partial charge in [0, 0.05) is 12.3 Å². The van der Waals surface area contributed by atoms with Gasteiger partial charge >= 0.3 is 0 Å². The molecular formula is C12H18FNO2S. The summed E-state index contributed by atoms with van der Waals surface area (Å²) in [5, 5.41) is 3.11. The van der Waals surface area contributed by atoms with Crippen LogP contribution in [0.2, 0.25) is 0 Å². The van der Waals surface area contributed by atoms with Crippen LogP contribution < -0.4 is 5.32 Å². The summed E-state index contributed by atoms with van der Waals surface area (Å²) in [4.78, 5) is 0. The van der Waals surface area contributed by atoms with Crippen molar-refractivity contribution in [3.63, 3.8) is 0 Å². The van der Waals surface area contributed by atoms with Crippen LogP contribution in [0.1, 0.15) is 12.5 Å². The molecule has 96 valence electrons. The largest absolute Gasteiger partial charge is 0.313 e. The van der Waals surface area contributed by atoms with Crippen LogP contribution in [-0.4, -0.2) is 33.0 Å². The second-order valence-electron chi connectivity index (χ2n) is 4.18. The highest BCUT2D eigenvalue weighted by molar-refractivity contribution is 7.90. The molecule has 0 heterocycles. The zero-order valence-electron chi connectivity index (χ0n) is 10.1. The van der Waals surface area contributed by atoms with Gasteiger partial charge in [0.1, 0.15) is 15.7 Å². The Morgan fingerprint density at radius 3 is 2.65 bits per heavy atom. The SMILES string of the molecule is CCNC(Cc1cccc(F)c1)CS(C)(=O)=O. The number of hydrogen-bond donors (Lipinski definition) is 1. The van der Waals surface area contributed by atoms with E-state index in [1.807, 2.05) is 6.92 Å². The average molecular weight is 259 g/mol. The van der Waals surface area contributed by atoms with E-state index in [4.69, 9.17) is 0 Å². The highest BCUT2D eigenvalue weighted by Crippen LogP contribution is 2.07. The van der Waals surface area contributed by atoms with Gasteiger partial charge in [0.15, 0.2) is 0 Å². The van der Waals surface area contributed by atoms with Crippen LogP contribution in [-0.2, 0) is 16.3 Å². The van der Waals surface area contributed by atoms with Gasteiger partial charge in [-0.3, -0.25) is 0 Å². The normalized spacial score (nSPS) is 13.6. The fraction of sp³-hybridized carbons (Fsp3) is 0.500. The molecule has 0 aromatic heterocycles. The molecule has 0 aliphatic rings. The second kappa shape index (κ2) is 6.12. The maximum absolute atomic E-state index is 13.0. The summed E-state index contributed by atoms with van der Waals surface area (Å²) in [6.07, 6.45) is 1.72. The van der Waals surface area contributed by atoms with Crippen molar-refractivity contribution in [2.75, 3.05) is 18.6 Å². The minimum Gasteiger partial charge on any atom is -0.313 e. The van der Waals surface area contributed by atoms with Crippen molar-refractivity contribution in [3.05, 3.63) is 35.6 Å². The van der Waals surface area contributed by atoms with E-state index >= 15 is 0 Å². The Labute approximate surface area is 102 Å². The number of sulfone groups is 1. The maximum atomic E-state index is 13.0. The lowest BCUT2D eigenvalue weighted by molar-refractivity contribution is 0.543. The van der Waals surface area contributed by atoms with E-state index in [0.29, 0.717) is 13.0 Å². The zero-order chi connectivity index (χ0) is 12.9. The van der Waals surface area contributed by atoms with E-state index in [1.165, 1.54) is 18.4 Å². The molecule has 3 nitrogen and oxygen atoms in total. The van der Waals surface area contributed by atoms with Gasteiger partial charge in [-0.15, -0.1) is 0 Å². The highest BCUT2D eigenvalue weighted by atomic mass is 32.2. The minimum absolute atomic E-state index is 0.0668. The van der Waals surface area contributed by atoms with E-state index in [1.54, 1.807) is 12.1 Å². The summed E-state index contributed by atoms with van der Waals surface area (Å²) in [7, 11) is -3.03. The number of halogens is 1. The molecule has 0 aliphatic heterocycles. The molecule has 0 spiro atoms. The van der Waals surface area contributed by atoms with Crippen LogP contribution in [0, 0.1) is 5.82 Å². The van der Waals surface area contributed by atoms with Crippen LogP contribution in [0.3, 0.4) is 0 Å². The first-order valence-electron chi connectivity index (χ1n) is 5.56. The Kier molecular flexibility index (Phi) is 5.08. The number of nitrogens with one attached hydrogen (secondary N) is 1. The highest BCUT2D eigenvalue weighted by Gasteiger charge is 2.15. The quantitative estimate of drug-likeness (QED) is 0.840. The van der Waals surface area contributed by atoms with Gasteiger partial charge in [0.25, 0.3) is 0 Å². The van der Waals surface area contributed by atoms with Crippen molar-refractivity contribution >= 4 is 9.84 Å². The fourth-order valence-electron chi connectivity index (χ4n) is 1.79. The molecular weight excluding hydrogens is 241 g/mol. The monoisotopic (exact) mass is 259 g/mol. The molecule has 0 bridgehead atoms. The van der Waals surface area contributed by atoms with Crippen LogP contribution in [0.15, 0.2) is 24.3 Å². The Balaban J connectivity index is 2.73. The molecule has 1 aromatic rings. The summed E-state index contributed by atoms with van der Waals surface area (Å²) in [6.45, 7) is 2.61. The van der Waals surface area contributed by atoms with Gasteiger partial charge in [0.2, 0.25) is 0 Å². The zero-order valence-corrected chi connectivity index (χ0v) is 10.9. The molecule has 0 aliphatic carbocycles. The van der Waals surface area contributed by atoms with E-state index < -0.39 is 9.84 Å². The molecule has 1 aromatic carbocycles. The van der Waals surface area contributed by atoms with Crippen LogP contribution >= 0.6 is 0 Å². The minimum atomic E-state index is -3.03. The third-order valence-electron chi connectivity index (χ3n) is 2.37. The second-order valence-corrected chi connectivity index (χ2v) is 6.37.